The molecule has 1 saturated heterocycles. The van der Waals surface area contributed by atoms with Crippen molar-refractivity contribution in [2.45, 2.75) is 6.42 Å². The van der Waals surface area contributed by atoms with Crippen LogP contribution in [0.1, 0.15) is 6.42 Å². The molecule has 0 spiro atoms. The lowest BCUT2D eigenvalue weighted by Crippen LogP contribution is -2.50. The van der Waals surface area contributed by atoms with Gasteiger partial charge < -0.3 is 15.2 Å². The van der Waals surface area contributed by atoms with Gasteiger partial charge in [0, 0.05) is 46.4 Å². The number of ether oxygens (including phenoxy) is 1. The molecule has 19 heavy (non-hydrogen) atoms. The molecule has 0 atom stereocenters. The maximum absolute atomic E-state index is 11.6. The number of carbonyl (C=O) groups excluding carboxylic acids is 1. The molecule has 2 N–H and O–H groups in total. The maximum Gasteiger partial charge on any atom is 0.317 e. The summed E-state index contributed by atoms with van der Waals surface area (Å²) in [6.45, 7) is 4.61. The fourth-order valence-corrected chi connectivity index (χ4v) is 2.00. The Labute approximate surface area is 113 Å². The van der Waals surface area contributed by atoms with Crippen molar-refractivity contribution in [3.8, 4) is 0 Å². The van der Waals surface area contributed by atoms with E-state index in [9.17, 15) is 9.59 Å². The van der Waals surface area contributed by atoms with Crippen LogP contribution in [0.15, 0.2) is 0 Å². The summed E-state index contributed by atoms with van der Waals surface area (Å²) in [5.74, 6) is -0.785. The molecule has 0 aliphatic carbocycles. The van der Waals surface area contributed by atoms with Crippen LogP contribution < -0.4 is 5.32 Å². The molecule has 110 valence electrons. The van der Waals surface area contributed by atoms with Crippen LogP contribution in [0, 0.1) is 0 Å². The van der Waals surface area contributed by atoms with Gasteiger partial charge in [0.1, 0.15) is 0 Å². The zero-order valence-corrected chi connectivity index (χ0v) is 11.4. The fourth-order valence-electron chi connectivity index (χ4n) is 2.00. The van der Waals surface area contributed by atoms with E-state index in [2.05, 4.69) is 5.32 Å². The molecular formula is C12H23N3O4. The van der Waals surface area contributed by atoms with Gasteiger partial charge in [0.2, 0.25) is 5.91 Å². The molecule has 0 radical (unpaired) electrons. The van der Waals surface area contributed by atoms with Crippen LogP contribution in [0.25, 0.3) is 0 Å². The molecule has 1 fully saturated rings. The first-order chi connectivity index (χ1) is 9.11. The Hall–Kier alpha value is -1.18. The lowest BCUT2D eigenvalue weighted by Gasteiger charge is -2.33. The second-order valence-electron chi connectivity index (χ2n) is 4.64. The van der Waals surface area contributed by atoms with Gasteiger partial charge in [-0.05, 0) is 6.42 Å². The van der Waals surface area contributed by atoms with Crippen molar-refractivity contribution < 1.29 is 19.4 Å². The summed E-state index contributed by atoms with van der Waals surface area (Å²) in [5.41, 5.74) is 0. The first-order valence-electron chi connectivity index (χ1n) is 6.54. The minimum absolute atomic E-state index is 0.0165. The molecule has 0 aromatic heterocycles. The predicted molar refractivity (Wildman–Crippen MR) is 70.0 cm³/mol. The summed E-state index contributed by atoms with van der Waals surface area (Å²) in [7, 11) is 1.64. The first kappa shape index (κ1) is 15.9. The van der Waals surface area contributed by atoms with E-state index in [1.807, 2.05) is 9.80 Å². The van der Waals surface area contributed by atoms with Crippen molar-refractivity contribution >= 4 is 11.9 Å². The van der Waals surface area contributed by atoms with Crippen LogP contribution >= 0.6 is 0 Å². The van der Waals surface area contributed by atoms with Gasteiger partial charge in [-0.3, -0.25) is 19.4 Å². The Balaban J connectivity index is 2.11. The highest BCUT2D eigenvalue weighted by atomic mass is 16.5. The summed E-state index contributed by atoms with van der Waals surface area (Å²) in [5, 5.41) is 11.5. The van der Waals surface area contributed by atoms with E-state index in [1.54, 1.807) is 7.11 Å². The summed E-state index contributed by atoms with van der Waals surface area (Å²) in [6, 6.07) is 0. The van der Waals surface area contributed by atoms with Crippen LogP contribution in [0.3, 0.4) is 0 Å². The van der Waals surface area contributed by atoms with Gasteiger partial charge in [-0.25, -0.2) is 0 Å². The fraction of sp³-hybridized carbons (Fsp3) is 0.833. The number of hydrogen-bond donors (Lipinski definition) is 2. The van der Waals surface area contributed by atoms with Crippen LogP contribution in [0.5, 0.6) is 0 Å². The van der Waals surface area contributed by atoms with Crippen LogP contribution in [0.4, 0.5) is 0 Å². The predicted octanol–water partition coefficient (Wildman–Crippen LogP) is -1.16. The van der Waals surface area contributed by atoms with Gasteiger partial charge in [-0.2, -0.15) is 0 Å². The minimum Gasteiger partial charge on any atom is -0.480 e. The highest BCUT2D eigenvalue weighted by Crippen LogP contribution is 2.00. The van der Waals surface area contributed by atoms with Gasteiger partial charge in [0.05, 0.1) is 13.1 Å². The van der Waals surface area contributed by atoms with Crippen molar-refractivity contribution in [2.75, 3.05) is 59.5 Å². The van der Waals surface area contributed by atoms with Crippen LogP contribution in [0.2, 0.25) is 0 Å². The highest BCUT2D eigenvalue weighted by Gasteiger charge is 2.19. The largest absolute Gasteiger partial charge is 0.480 e. The number of hydrogen-bond acceptors (Lipinski definition) is 5. The van der Waals surface area contributed by atoms with Gasteiger partial charge in [0.25, 0.3) is 0 Å². The summed E-state index contributed by atoms with van der Waals surface area (Å²) >= 11 is 0. The molecule has 1 aliphatic rings. The van der Waals surface area contributed by atoms with E-state index in [0.717, 1.165) is 19.5 Å². The number of carboxylic acid groups (broad SMARTS) is 1. The topological polar surface area (TPSA) is 82.1 Å². The zero-order chi connectivity index (χ0) is 14.1. The second-order valence-corrected chi connectivity index (χ2v) is 4.64. The molecule has 1 heterocycles. The molecule has 1 amide bonds. The Kier molecular flexibility index (Phi) is 7.39. The third-order valence-corrected chi connectivity index (χ3v) is 3.04. The van der Waals surface area contributed by atoms with E-state index >= 15 is 0 Å². The summed E-state index contributed by atoms with van der Waals surface area (Å²) < 4.78 is 4.90. The number of rotatable bonds is 8. The lowest BCUT2D eigenvalue weighted by molar-refractivity contribution is -0.139. The number of nitrogens with one attached hydrogen (secondary N) is 1. The molecule has 7 heteroatoms. The zero-order valence-electron chi connectivity index (χ0n) is 11.4. The molecule has 7 nitrogen and oxygen atoms in total. The van der Waals surface area contributed by atoms with Gasteiger partial charge in [0.15, 0.2) is 0 Å². The van der Waals surface area contributed by atoms with Crippen LogP contribution in [-0.4, -0.2) is 86.3 Å². The molecule has 1 rings (SSSR count). The average Bonchev–Trinajstić information content (AvgIpc) is 2.36. The average molecular weight is 273 g/mol. The van der Waals surface area contributed by atoms with E-state index in [4.69, 9.17) is 9.84 Å². The smallest absolute Gasteiger partial charge is 0.317 e. The van der Waals surface area contributed by atoms with Crippen molar-refractivity contribution in [1.82, 2.24) is 15.1 Å². The second kappa shape index (κ2) is 8.84. The van der Waals surface area contributed by atoms with E-state index in [-0.39, 0.29) is 12.5 Å². The molecule has 1 aliphatic heterocycles. The Bertz CT molecular complexity index is 291. The highest BCUT2D eigenvalue weighted by molar-refractivity contribution is 5.78. The maximum atomic E-state index is 11.6. The van der Waals surface area contributed by atoms with Gasteiger partial charge >= 0.3 is 5.97 Å². The number of methoxy groups -OCH3 is 1. The monoisotopic (exact) mass is 273 g/mol. The third-order valence-electron chi connectivity index (χ3n) is 3.04. The Morgan fingerprint density at radius 3 is 2.26 bits per heavy atom. The normalized spacial score (nSPS) is 17.3. The minimum atomic E-state index is -0.802. The van der Waals surface area contributed by atoms with E-state index in [0.29, 0.717) is 32.8 Å². The number of amides is 1. The lowest BCUT2D eigenvalue weighted by atomic mass is 10.3. The van der Waals surface area contributed by atoms with Gasteiger partial charge in [-0.15, -0.1) is 0 Å². The Morgan fingerprint density at radius 1 is 1.16 bits per heavy atom. The standard InChI is InChI=1S/C12H23N3O4/c1-19-8-2-3-13-11(16)9-14-4-6-15(7-5-14)10-12(17)18/h2-10H2,1H3,(H,13,16)(H,17,18). The molecule has 0 aromatic rings. The number of nitrogens with zero attached hydrogens (tertiary/aromatic N) is 2. The number of carboxylic acids is 1. The number of piperazine rings is 1. The van der Waals surface area contributed by atoms with Crippen molar-refractivity contribution in [1.29, 1.82) is 0 Å². The molecule has 0 bridgehead atoms. The van der Waals surface area contributed by atoms with Crippen molar-refractivity contribution in [2.24, 2.45) is 0 Å². The molecule has 0 saturated carbocycles. The van der Waals surface area contributed by atoms with Crippen molar-refractivity contribution in [3.63, 3.8) is 0 Å². The number of aliphatic carboxylic acids is 1. The quantitative estimate of drug-likeness (QED) is 0.543. The molecule has 0 aromatic carbocycles. The molecular weight excluding hydrogens is 250 g/mol. The Morgan fingerprint density at radius 2 is 1.74 bits per heavy atom. The number of carbonyl (C=O) groups is 2. The third kappa shape index (κ3) is 7.09. The van der Waals surface area contributed by atoms with Crippen LogP contribution in [-0.2, 0) is 14.3 Å². The van der Waals surface area contributed by atoms with Gasteiger partial charge in [-0.1, -0.05) is 0 Å². The van der Waals surface area contributed by atoms with E-state index < -0.39 is 5.97 Å². The summed E-state index contributed by atoms with van der Waals surface area (Å²) in [6.07, 6.45) is 0.814. The SMILES string of the molecule is COCCCNC(=O)CN1CCN(CC(=O)O)CC1. The first-order valence-corrected chi connectivity index (χ1v) is 6.54. The van der Waals surface area contributed by atoms with E-state index in [1.165, 1.54) is 0 Å². The van der Waals surface area contributed by atoms with Crippen molar-refractivity contribution in [3.05, 3.63) is 0 Å². The molecule has 0 unspecified atom stereocenters. The summed E-state index contributed by atoms with van der Waals surface area (Å²) in [4.78, 5) is 26.1.